The van der Waals surface area contributed by atoms with E-state index in [2.05, 4.69) is 10.1 Å². The van der Waals surface area contributed by atoms with Gasteiger partial charge >= 0.3 is 0 Å². The highest BCUT2D eigenvalue weighted by Gasteiger charge is 2.17. The first-order valence-corrected chi connectivity index (χ1v) is 13.0. The lowest BCUT2D eigenvalue weighted by Crippen LogP contribution is -2.23. The average molecular weight is 512 g/mol. The zero-order valence-corrected chi connectivity index (χ0v) is 22.0. The van der Waals surface area contributed by atoms with Crippen LogP contribution in [0.3, 0.4) is 0 Å². The molecule has 0 spiro atoms. The molecule has 0 aliphatic carbocycles. The van der Waals surface area contributed by atoms with Gasteiger partial charge < -0.3 is 14.4 Å². The second kappa shape index (κ2) is 10.1. The van der Waals surface area contributed by atoms with E-state index < -0.39 is 10.1 Å². The number of nitrogens with zero attached hydrogens (tertiary/aromatic N) is 5. The largest absolute Gasteiger partial charge is 0.497 e. The third-order valence-electron chi connectivity index (χ3n) is 5.86. The molecule has 0 atom stereocenters. The minimum absolute atomic E-state index is 0.0454. The molecule has 0 unspecified atom stereocenters. The molecule has 36 heavy (non-hydrogen) atoms. The maximum absolute atomic E-state index is 11.6. The molecule has 2 heterocycles. The summed E-state index contributed by atoms with van der Waals surface area (Å²) in [5.74, 6) is 1.20. The third kappa shape index (κ3) is 5.42. The monoisotopic (exact) mass is 511 g/mol. The van der Waals surface area contributed by atoms with Crippen molar-refractivity contribution >= 4 is 32.5 Å². The number of ether oxygens (including phenoxy) is 2. The van der Waals surface area contributed by atoms with Crippen LogP contribution in [0.25, 0.3) is 22.3 Å². The van der Waals surface area contributed by atoms with Crippen LogP contribution in [0.15, 0.2) is 42.6 Å². The van der Waals surface area contributed by atoms with Crippen molar-refractivity contribution in [3.05, 3.63) is 54.0 Å². The van der Waals surface area contributed by atoms with E-state index in [0.29, 0.717) is 17.0 Å². The summed E-state index contributed by atoms with van der Waals surface area (Å²) in [6, 6.07) is 11.2. The van der Waals surface area contributed by atoms with Gasteiger partial charge in [0.2, 0.25) is 0 Å². The van der Waals surface area contributed by atoms with Gasteiger partial charge in [0.25, 0.3) is 10.1 Å². The summed E-state index contributed by atoms with van der Waals surface area (Å²) in [5.41, 5.74) is 6.51. The number of anilines is 2. The maximum Gasteiger partial charge on any atom is 0.264 e. The lowest BCUT2D eigenvalue weighted by Gasteiger charge is -2.26. The molecular weight excluding hydrogens is 482 g/mol. The van der Waals surface area contributed by atoms with Crippen molar-refractivity contribution < 1.29 is 22.1 Å². The second-order valence-electron chi connectivity index (χ2n) is 8.35. The number of methoxy groups -OCH3 is 2. The van der Waals surface area contributed by atoms with Crippen molar-refractivity contribution in [1.82, 2.24) is 19.7 Å². The molecule has 11 heteroatoms. The number of benzene rings is 2. The highest BCUT2D eigenvalue weighted by molar-refractivity contribution is 7.85. The minimum Gasteiger partial charge on any atom is -0.497 e. The zero-order chi connectivity index (χ0) is 26.0. The molecule has 0 bridgehead atoms. The van der Waals surface area contributed by atoms with Crippen LogP contribution in [0.5, 0.6) is 11.5 Å². The molecule has 0 N–H and O–H groups in total. The molecule has 2 aromatic heterocycles. The number of fused-ring (bicyclic) bond motifs is 1. The normalized spacial score (nSPS) is 11.6. The number of hydrogen-bond acceptors (Lipinski definition) is 9. The van der Waals surface area contributed by atoms with E-state index in [0.717, 1.165) is 45.8 Å². The topological polar surface area (TPSA) is 109 Å². The van der Waals surface area contributed by atoms with Crippen molar-refractivity contribution in [2.24, 2.45) is 7.05 Å². The van der Waals surface area contributed by atoms with E-state index in [1.165, 1.54) is 0 Å². The Morgan fingerprint density at radius 3 is 2.25 bits per heavy atom. The van der Waals surface area contributed by atoms with Crippen LogP contribution in [0, 0.1) is 13.8 Å². The van der Waals surface area contributed by atoms with E-state index in [1.54, 1.807) is 26.5 Å². The fourth-order valence-electron chi connectivity index (χ4n) is 4.07. The van der Waals surface area contributed by atoms with Crippen LogP contribution in [0.1, 0.15) is 11.4 Å². The molecule has 0 fully saturated rings. The van der Waals surface area contributed by atoms with Gasteiger partial charge in [-0.15, -0.1) is 0 Å². The molecular formula is C25H29N5O5S. The third-order valence-corrected chi connectivity index (χ3v) is 6.46. The SMILES string of the molecule is COc1cc(OC)cc(N(CCOS(C)(=O)=O)c2ccc3ncc(-c4c(C)nn(C)c4C)nc3c2)c1. The zero-order valence-electron chi connectivity index (χ0n) is 21.1. The Bertz CT molecular complexity index is 1490. The van der Waals surface area contributed by atoms with Gasteiger partial charge in [-0.2, -0.15) is 13.5 Å². The smallest absolute Gasteiger partial charge is 0.264 e. The summed E-state index contributed by atoms with van der Waals surface area (Å²) in [7, 11) is 1.46. The average Bonchev–Trinajstić information content (AvgIpc) is 3.10. The Labute approximate surface area is 210 Å². The first kappa shape index (κ1) is 25.4. The maximum atomic E-state index is 11.6. The van der Waals surface area contributed by atoms with E-state index >= 15 is 0 Å². The molecule has 190 valence electrons. The van der Waals surface area contributed by atoms with Crippen LogP contribution in [-0.4, -0.2) is 61.8 Å². The fraction of sp³-hybridized carbons (Fsp3) is 0.320. The molecule has 4 rings (SSSR count). The highest BCUT2D eigenvalue weighted by Crippen LogP contribution is 2.34. The van der Waals surface area contributed by atoms with Crippen molar-refractivity contribution in [3.63, 3.8) is 0 Å². The van der Waals surface area contributed by atoms with Crippen LogP contribution in [0.4, 0.5) is 11.4 Å². The van der Waals surface area contributed by atoms with Gasteiger partial charge in [0.1, 0.15) is 11.5 Å². The Morgan fingerprint density at radius 1 is 0.972 bits per heavy atom. The van der Waals surface area contributed by atoms with Crippen LogP contribution in [0.2, 0.25) is 0 Å². The highest BCUT2D eigenvalue weighted by atomic mass is 32.2. The van der Waals surface area contributed by atoms with Crippen molar-refractivity contribution in [2.75, 3.05) is 38.5 Å². The first-order valence-electron chi connectivity index (χ1n) is 11.2. The lowest BCUT2D eigenvalue weighted by molar-refractivity contribution is 0.330. The van der Waals surface area contributed by atoms with Crippen LogP contribution < -0.4 is 14.4 Å². The van der Waals surface area contributed by atoms with Gasteiger partial charge in [0.15, 0.2) is 0 Å². The van der Waals surface area contributed by atoms with Gasteiger partial charge in [-0.05, 0) is 32.0 Å². The van der Waals surface area contributed by atoms with Crippen molar-refractivity contribution in [1.29, 1.82) is 0 Å². The summed E-state index contributed by atoms with van der Waals surface area (Å²) in [6.07, 6.45) is 2.78. The Kier molecular flexibility index (Phi) is 7.14. The Balaban J connectivity index is 1.80. The summed E-state index contributed by atoms with van der Waals surface area (Å²) in [4.78, 5) is 11.4. The van der Waals surface area contributed by atoms with E-state index in [4.69, 9.17) is 18.6 Å². The molecule has 0 radical (unpaired) electrons. The molecule has 0 aliphatic heterocycles. The molecule has 0 saturated carbocycles. The predicted molar refractivity (Wildman–Crippen MR) is 139 cm³/mol. The molecule has 2 aromatic carbocycles. The number of rotatable bonds is 9. The Morgan fingerprint density at radius 2 is 1.67 bits per heavy atom. The van der Waals surface area contributed by atoms with Crippen LogP contribution in [-0.2, 0) is 21.3 Å². The van der Waals surface area contributed by atoms with Gasteiger partial charge in [-0.3, -0.25) is 13.8 Å². The minimum atomic E-state index is -3.59. The Hall–Kier alpha value is -3.70. The predicted octanol–water partition coefficient (Wildman–Crippen LogP) is 3.78. The molecule has 0 amide bonds. The summed E-state index contributed by atoms with van der Waals surface area (Å²) < 4.78 is 40.9. The van der Waals surface area contributed by atoms with E-state index in [1.807, 2.05) is 60.8 Å². The standard InChI is InChI=1S/C25H29N5O5S/c1-16-25(17(2)29(3)28-16)24-15-26-22-8-7-18(13-23(22)27-24)30(9-10-35-36(6,31)32)19-11-20(33-4)14-21(12-19)34-5/h7-8,11-15H,9-10H2,1-6H3. The van der Waals surface area contributed by atoms with Crippen molar-refractivity contribution in [3.8, 4) is 22.8 Å². The van der Waals surface area contributed by atoms with Gasteiger partial charge in [-0.25, -0.2) is 4.98 Å². The fourth-order valence-corrected chi connectivity index (χ4v) is 4.45. The van der Waals surface area contributed by atoms with Gasteiger partial charge in [0.05, 0.1) is 55.7 Å². The number of aromatic nitrogens is 4. The van der Waals surface area contributed by atoms with E-state index in [9.17, 15) is 8.42 Å². The number of hydrogen-bond donors (Lipinski definition) is 0. The lowest BCUT2D eigenvalue weighted by atomic mass is 10.1. The van der Waals surface area contributed by atoms with Crippen LogP contribution >= 0.6 is 0 Å². The van der Waals surface area contributed by atoms with E-state index in [-0.39, 0.29) is 13.2 Å². The van der Waals surface area contributed by atoms with Gasteiger partial charge in [-0.1, -0.05) is 0 Å². The molecule has 0 aliphatic rings. The summed E-state index contributed by atoms with van der Waals surface area (Å²) in [5, 5.41) is 4.49. The summed E-state index contributed by atoms with van der Waals surface area (Å²) >= 11 is 0. The quantitative estimate of drug-likeness (QED) is 0.310. The molecule has 10 nitrogen and oxygen atoms in total. The molecule has 0 saturated heterocycles. The second-order valence-corrected chi connectivity index (χ2v) is 9.99. The molecule has 4 aromatic rings. The summed E-state index contributed by atoms with van der Waals surface area (Å²) in [6.45, 7) is 4.15. The number of aryl methyl sites for hydroxylation is 2. The first-order chi connectivity index (χ1) is 17.1. The van der Waals surface area contributed by atoms with Crippen molar-refractivity contribution in [2.45, 2.75) is 13.8 Å². The van der Waals surface area contributed by atoms with Gasteiger partial charge in [0, 0.05) is 54.4 Å².